The summed E-state index contributed by atoms with van der Waals surface area (Å²) in [5, 5.41) is 14.3. The minimum atomic E-state index is -0.372. The number of hydrogen-bond acceptors (Lipinski definition) is 5. The number of nitrogens with one attached hydrogen (secondary N) is 1. The molecule has 1 N–H and O–H groups in total. The van der Waals surface area contributed by atoms with Gasteiger partial charge in [-0.2, -0.15) is 0 Å². The number of fused-ring (bicyclic) bond motifs is 1. The third-order valence-corrected chi connectivity index (χ3v) is 4.41. The van der Waals surface area contributed by atoms with E-state index in [1.165, 1.54) is 11.1 Å². The lowest BCUT2D eigenvalue weighted by Crippen LogP contribution is -2.30. The molecule has 25 heavy (non-hydrogen) atoms. The summed E-state index contributed by atoms with van der Waals surface area (Å²) in [6.45, 7) is 2.41. The van der Waals surface area contributed by atoms with E-state index in [2.05, 4.69) is 22.3 Å². The first kappa shape index (κ1) is 17.4. The number of rotatable bonds is 6. The second kappa shape index (κ2) is 7.63. The Balaban J connectivity index is 1.78. The minimum Gasteiger partial charge on any atom is -0.492 e. The molecule has 1 heterocycles. The Morgan fingerprint density at radius 3 is 2.68 bits per heavy atom. The molecule has 0 bridgehead atoms. The van der Waals surface area contributed by atoms with Crippen molar-refractivity contribution in [2.45, 2.75) is 12.5 Å². The Kier molecular flexibility index (Phi) is 5.31. The molecule has 6 heteroatoms. The molecular weight excluding hydrogens is 318 g/mol. The molecule has 1 unspecified atom stereocenters. The number of nitro benzene ring substituents is 1. The van der Waals surface area contributed by atoms with Gasteiger partial charge in [-0.1, -0.05) is 18.2 Å². The average Bonchev–Trinajstić information content (AvgIpc) is 2.61. The molecule has 0 aliphatic carbocycles. The van der Waals surface area contributed by atoms with E-state index < -0.39 is 0 Å². The van der Waals surface area contributed by atoms with Gasteiger partial charge < -0.3 is 15.0 Å². The lowest BCUT2D eigenvalue weighted by molar-refractivity contribution is -0.384. The number of nitro groups is 1. The van der Waals surface area contributed by atoms with Gasteiger partial charge in [0.1, 0.15) is 12.4 Å². The molecule has 132 valence electrons. The van der Waals surface area contributed by atoms with Crippen LogP contribution in [0.5, 0.6) is 5.75 Å². The van der Waals surface area contributed by atoms with E-state index in [0.717, 1.165) is 30.8 Å². The quantitative estimate of drug-likeness (QED) is 0.646. The van der Waals surface area contributed by atoms with Crippen molar-refractivity contribution in [3.05, 3.63) is 69.3 Å². The fraction of sp³-hybridized carbons (Fsp3) is 0.368. The first-order valence-corrected chi connectivity index (χ1v) is 8.42. The van der Waals surface area contributed by atoms with Crippen molar-refractivity contribution in [3.63, 3.8) is 0 Å². The van der Waals surface area contributed by atoms with Crippen LogP contribution in [0.2, 0.25) is 0 Å². The van der Waals surface area contributed by atoms with Crippen LogP contribution in [0, 0.1) is 10.1 Å². The normalized spacial score (nSPS) is 16.5. The number of ether oxygens (including phenoxy) is 1. The SMILES string of the molecule is CN(C)CCOc1ccc2c(c1)CCNC2c1ccc([N+](=O)[O-])cc1. The lowest BCUT2D eigenvalue weighted by atomic mass is 9.89. The summed E-state index contributed by atoms with van der Waals surface area (Å²) in [7, 11) is 4.05. The predicted octanol–water partition coefficient (Wildman–Crippen LogP) is 2.77. The van der Waals surface area contributed by atoms with E-state index in [1.807, 2.05) is 32.3 Å². The maximum atomic E-state index is 10.8. The number of benzene rings is 2. The zero-order chi connectivity index (χ0) is 17.8. The first-order chi connectivity index (χ1) is 12.0. The van der Waals surface area contributed by atoms with Crippen LogP contribution in [0.3, 0.4) is 0 Å². The van der Waals surface area contributed by atoms with Crippen LogP contribution in [0.1, 0.15) is 22.7 Å². The van der Waals surface area contributed by atoms with E-state index in [0.29, 0.717) is 6.61 Å². The van der Waals surface area contributed by atoms with Gasteiger partial charge in [0.15, 0.2) is 0 Å². The molecule has 0 amide bonds. The molecule has 0 fully saturated rings. The monoisotopic (exact) mass is 341 g/mol. The van der Waals surface area contributed by atoms with Crippen LogP contribution in [-0.2, 0) is 6.42 Å². The van der Waals surface area contributed by atoms with Gasteiger partial charge in [0.05, 0.1) is 11.0 Å². The summed E-state index contributed by atoms with van der Waals surface area (Å²) in [5.41, 5.74) is 3.63. The number of hydrogen-bond donors (Lipinski definition) is 1. The van der Waals surface area contributed by atoms with Crippen molar-refractivity contribution >= 4 is 5.69 Å². The molecule has 1 atom stereocenters. The molecule has 0 spiro atoms. The standard InChI is InChI=1S/C19H23N3O3/c1-21(2)11-12-25-17-7-8-18-15(13-17)9-10-20-19(18)14-3-5-16(6-4-14)22(23)24/h3-8,13,19-20H,9-12H2,1-2H3. The van der Waals surface area contributed by atoms with Gasteiger partial charge in [0, 0.05) is 25.2 Å². The van der Waals surface area contributed by atoms with Crippen LogP contribution >= 0.6 is 0 Å². The summed E-state index contributed by atoms with van der Waals surface area (Å²) in [5.74, 6) is 0.893. The highest BCUT2D eigenvalue weighted by molar-refractivity contribution is 5.45. The molecule has 0 radical (unpaired) electrons. The molecule has 0 saturated carbocycles. The van der Waals surface area contributed by atoms with E-state index in [1.54, 1.807) is 12.1 Å². The van der Waals surface area contributed by atoms with Gasteiger partial charge in [0.2, 0.25) is 0 Å². The van der Waals surface area contributed by atoms with E-state index in [9.17, 15) is 10.1 Å². The van der Waals surface area contributed by atoms with Gasteiger partial charge in [-0.3, -0.25) is 10.1 Å². The van der Waals surface area contributed by atoms with Crippen molar-refractivity contribution in [2.75, 3.05) is 33.8 Å². The topological polar surface area (TPSA) is 67.6 Å². The molecule has 2 aromatic carbocycles. The Bertz CT molecular complexity index is 744. The Hall–Kier alpha value is -2.44. The third-order valence-electron chi connectivity index (χ3n) is 4.41. The predicted molar refractivity (Wildman–Crippen MR) is 97.1 cm³/mol. The molecule has 2 aromatic rings. The van der Waals surface area contributed by atoms with Gasteiger partial charge >= 0.3 is 0 Å². The number of likely N-dealkylation sites (N-methyl/N-ethyl adjacent to an activating group) is 1. The molecule has 0 saturated heterocycles. The van der Waals surface area contributed by atoms with Crippen molar-refractivity contribution < 1.29 is 9.66 Å². The largest absolute Gasteiger partial charge is 0.492 e. The third kappa shape index (κ3) is 4.15. The van der Waals surface area contributed by atoms with E-state index >= 15 is 0 Å². The second-order valence-corrected chi connectivity index (χ2v) is 6.50. The summed E-state index contributed by atoms with van der Waals surface area (Å²) in [6.07, 6.45) is 0.948. The van der Waals surface area contributed by atoms with Crippen LogP contribution in [-0.4, -0.2) is 43.6 Å². The minimum absolute atomic E-state index is 0.0559. The number of non-ortho nitro benzene ring substituents is 1. The number of nitrogens with zero attached hydrogens (tertiary/aromatic N) is 2. The first-order valence-electron chi connectivity index (χ1n) is 8.42. The highest BCUT2D eigenvalue weighted by Gasteiger charge is 2.22. The summed E-state index contributed by atoms with van der Waals surface area (Å²) in [4.78, 5) is 12.5. The Morgan fingerprint density at radius 1 is 1.24 bits per heavy atom. The van der Waals surface area contributed by atoms with Crippen LogP contribution < -0.4 is 10.1 Å². The van der Waals surface area contributed by atoms with Crippen LogP contribution in [0.25, 0.3) is 0 Å². The molecular formula is C19H23N3O3. The van der Waals surface area contributed by atoms with Gasteiger partial charge in [0.25, 0.3) is 5.69 Å². The highest BCUT2D eigenvalue weighted by Crippen LogP contribution is 2.31. The lowest BCUT2D eigenvalue weighted by Gasteiger charge is -2.28. The summed E-state index contributed by atoms with van der Waals surface area (Å²) in [6, 6.07) is 13.0. The zero-order valence-electron chi connectivity index (χ0n) is 14.6. The summed E-state index contributed by atoms with van der Waals surface area (Å²) >= 11 is 0. The summed E-state index contributed by atoms with van der Waals surface area (Å²) < 4.78 is 5.83. The maximum absolute atomic E-state index is 10.8. The Morgan fingerprint density at radius 2 is 2.00 bits per heavy atom. The van der Waals surface area contributed by atoms with Gasteiger partial charge in [-0.15, -0.1) is 0 Å². The van der Waals surface area contributed by atoms with Crippen LogP contribution in [0.4, 0.5) is 5.69 Å². The second-order valence-electron chi connectivity index (χ2n) is 6.50. The van der Waals surface area contributed by atoms with E-state index in [-0.39, 0.29) is 16.7 Å². The zero-order valence-corrected chi connectivity index (χ0v) is 14.6. The smallest absolute Gasteiger partial charge is 0.269 e. The van der Waals surface area contributed by atoms with Crippen molar-refractivity contribution in [2.24, 2.45) is 0 Å². The molecule has 1 aliphatic heterocycles. The van der Waals surface area contributed by atoms with Crippen LogP contribution in [0.15, 0.2) is 42.5 Å². The van der Waals surface area contributed by atoms with Gasteiger partial charge in [-0.25, -0.2) is 0 Å². The van der Waals surface area contributed by atoms with Crippen molar-refractivity contribution in [1.29, 1.82) is 0 Å². The fourth-order valence-electron chi connectivity index (χ4n) is 3.06. The molecule has 3 rings (SSSR count). The van der Waals surface area contributed by atoms with Crippen molar-refractivity contribution in [3.8, 4) is 5.75 Å². The Labute approximate surface area is 147 Å². The van der Waals surface area contributed by atoms with Crippen molar-refractivity contribution in [1.82, 2.24) is 10.2 Å². The maximum Gasteiger partial charge on any atom is 0.269 e. The van der Waals surface area contributed by atoms with Gasteiger partial charge in [-0.05, 0) is 49.3 Å². The van der Waals surface area contributed by atoms with E-state index in [4.69, 9.17) is 4.74 Å². The molecule has 6 nitrogen and oxygen atoms in total. The fourth-order valence-corrected chi connectivity index (χ4v) is 3.06. The average molecular weight is 341 g/mol. The highest BCUT2D eigenvalue weighted by atomic mass is 16.6. The molecule has 1 aliphatic rings. The molecule has 0 aromatic heterocycles.